The number of amides is 11. The van der Waals surface area contributed by atoms with Gasteiger partial charge in [0.05, 0.1) is 31.2 Å². The van der Waals surface area contributed by atoms with Gasteiger partial charge >= 0.3 is 24.2 Å². The number of epoxide rings is 1. The molecule has 4 aliphatic rings. The van der Waals surface area contributed by atoms with Crippen molar-refractivity contribution in [2.75, 3.05) is 64.6 Å². The molecule has 0 radical (unpaired) electrons. The normalized spacial score (nSPS) is 23.0. The van der Waals surface area contributed by atoms with E-state index in [1.54, 1.807) is 64.2 Å². The Labute approximate surface area is 555 Å². The molecule has 0 spiro atoms. The number of methoxy groups -OCH3 is 1. The number of carbonyl (C=O) groups excluding carboxylic acids is 11. The highest BCUT2D eigenvalue weighted by atomic mass is 35.5. The maximum atomic E-state index is 14.3. The number of hydrogen-bond acceptors (Lipinski definition) is 16. The number of nitrogens with zero attached hydrogens (tertiary/aromatic N) is 4. The van der Waals surface area contributed by atoms with Gasteiger partial charge in [-0.1, -0.05) is 95.5 Å². The lowest BCUT2D eigenvalue weighted by molar-refractivity contribution is -0.157. The minimum Gasteiger partial charge on any atom is -0.495 e. The van der Waals surface area contributed by atoms with E-state index in [4.69, 9.17) is 41.0 Å². The van der Waals surface area contributed by atoms with Gasteiger partial charge in [-0.15, -0.1) is 0 Å². The summed E-state index contributed by atoms with van der Waals surface area (Å²) in [7, 11) is 5.89. The second-order valence-electron chi connectivity index (χ2n) is 26.5. The lowest BCUT2D eigenvalue weighted by atomic mass is 9.80. The fraction of sp³-hybridized carbons (Fsp3) is 0.597. The molecule has 516 valence electrons. The Morgan fingerprint density at radius 3 is 2.30 bits per heavy atom. The van der Waals surface area contributed by atoms with Gasteiger partial charge in [0.25, 0.3) is 0 Å². The number of likely N-dealkylation sites (tertiary alicyclic amines) is 1. The number of allylic oxidation sites excluding steroid dienone is 3. The number of benzene rings is 2. The van der Waals surface area contributed by atoms with Crippen LogP contribution in [0.4, 0.5) is 25.8 Å². The van der Waals surface area contributed by atoms with Crippen LogP contribution in [0.5, 0.6) is 5.75 Å². The van der Waals surface area contributed by atoms with Crippen LogP contribution in [-0.2, 0) is 70.3 Å². The molecular weight excluding hydrogens is 1240 g/mol. The molecule has 7 N–H and O–H groups in total. The van der Waals surface area contributed by atoms with E-state index in [1.807, 2.05) is 52.8 Å². The highest BCUT2D eigenvalue weighted by Gasteiger charge is 2.63. The Bertz CT molecular complexity index is 3170. The van der Waals surface area contributed by atoms with E-state index in [2.05, 4.69) is 26.6 Å². The summed E-state index contributed by atoms with van der Waals surface area (Å²) in [6.07, 6.45) is 5.42. The maximum absolute atomic E-state index is 14.3. The second kappa shape index (κ2) is 33.7. The number of fused-ring (bicyclic) bond motifs is 5. The Balaban J connectivity index is 0.990. The van der Waals surface area contributed by atoms with Crippen molar-refractivity contribution in [1.29, 1.82) is 0 Å². The summed E-state index contributed by atoms with van der Waals surface area (Å²) >= 11 is 6.82. The van der Waals surface area contributed by atoms with E-state index in [9.17, 15) is 52.7 Å². The van der Waals surface area contributed by atoms with Crippen molar-refractivity contribution in [3.8, 4) is 5.75 Å². The lowest BCUT2D eigenvalue weighted by Gasteiger charge is -2.33. The van der Waals surface area contributed by atoms with Crippen molar-refractivity contribution < 1.29 is 76.4 Å². The van der Waals surface area contributed by atoms with Crippen LogP contribution >= 0.6 is 11.6 Å². The lowest BCUT2D eigenvalue weighted by Crippen LogP contribution is -2.54. The van der Waals surface area contributed by atoms with E-state index in [0.29, 0.717) is 61.2 Å². The van der Waals surface area contributed by atoms with Crippen LogP contribution in [-0.4, -0.2) is 177 Å². The largest absolute Gasteiger partial charge is 0.495 e. The number of carbonyl (C=O) groups is 11. The summed E-state index contributed by atoms with van der Waals surface area (Å²) in [5.41, 5.74) is 6.80. The Kier molecular flexibility index (Phi) is 26.8. The SMILES string of the molecule is COc1cc2cc(c1Cl)N(C)C(=O)C[C@H](OC(=O)CN(C)C(=O)CCN(C)C(=O)OCc1ccc(NC(=O)[C@H](CCCNC(N)=O)NC(=O)[C@@H](NC(=O)CCCCCN3C(=O)CC(C(C)(C)C)C3=O)C(C)C)cc1)[C@]1(C)O[C@H]1[C@H](C)[C@@H]1CC(C/C=C/C=C(\C)C2)NC(=O)O1. The molecule has 6 rings (SSSR count). The van der Waals surface area contributed by atoms with Gasteiger partial charge in [-0.05, 0) is 99.1 Å². The summed E-state index contributed by atoms with van der Waals surface area (Å²) in [4.78, 5) is 150. The van der Waals surface area contributed by atoms with Crippen molar-refractivity contribution in [2.24, 2.45) is 28.9 Å². The first-order valence-corrected chi connectivity index (χ1v) is 32.5. The molecule has 9 atom stereocenters. The summed E-state index contributed by atoms with van der Waals surface area (Å²) < 4.78 is 29.3. The summed E-state index contributed by atoms with van der Waals surface area (Å²) in [6.45, 7) is 14.5. The topological polar surface area (TPSA) is 336 Å². The third-order valence-corrected chi connectivity index (χ3v) is 17.9. The average molecular weight is 1330 g/mol. The molecule has 0 aliphatic carbocycles. The van der Waals surface area contributed by atoms with E-state index >= 15 is 0 Å². The van der Waals surface area contributed by atoms with Crippen molar-refractivity contribution in [3.63, 3.8) is 0 Å². The number of urea groups is 1. The number of likely N-dealkylation sites (N-methyl/N-ethyl adjacent to an activating group) is 1. The van der Waals surface area contributed by atoms with Crippen molar-refractivity contribution >= 4 is 88.5 Å². The number of primary amides is 1. The second-order valence-corrected chi connectivity index (χ2v) is 26.9. The minimum absolute atomic E-state index is 0.0889. The van der Waals surface area contributed by atoms with E-state index in [0.717, 1.165) is 16.0 Å². The molecule has 2 aromatic rings. The number of ether oxygens (including phenoxy) is 5. The Morgan fingerprint density at radius 2 is 1.64 bits per heavy atom. The summed E-state index contributed by atoms with van der Waals surface area (Å²) in [6, 6.07) is 6.90. The predicted octanol–water partition coefficient (Wildman–Crippen LogP) is 6.83. The van der Waals surface area contributed by atoms with Gasteiger partial charge in [0.1, 0.15) is 53.8 Å². The third kappa shape index (κ3) is 21.1. The van der Waals surface area contributed by atoms with Crippen LogP contribution in [0.25, 0.3) is 0 Å². The first-order valence-electron chi connectivity index (χ1n) is 32.1. The fourth-order valence-corrected chi connectivity index (χ4v) is 12.0. The zero-order valence-corrected chi connectivity index (χ0v) is 56.9. The molecule has 94 heavy (non-hydrogen) atoms. The quantitative estimate of drug-likeness (QED) is 0.0195. The van der Waals surface area contributed by atoms with Gasteiger partial charge in [0, 0.05) is 84.1 Å². The molecule has 0 saturated carbocycles. The Hall–Kier alpha value is -8.26. The molecule has 0 aromatic heterocycles. The molecule has 26 nitrogen and oxygen atoms in total. The van der Waals surface area contributed by atoms with Crippen LogP contribution in [0.1, 0.15) is 137 Å². The molecule has 3 saturated heterocycles. The van der Waals surface area contributed by atoms with Crippen LogP contribution in [0, 0.1) is 23.2 Å². The van der Waals surface area contributed by atoms with Crippen LogP contribution in [0.2, 0.25) is 5.02 Å². The van der Waals surface area contributed by atoms with Crippen molar-refractivity contribution in [3.05, 3.63) is 76.3 Å². The predicted molar refractivity (Wildman–Crippen MR) is 350 cm³/mol. The molecule has 4 heterocycles. The average Bonchev–Trinajstić information content (AvgIpc) is 1.58. The van der Waals surface area contributed by atoms with Gasteiger partial charge in [0.2, 0.25) is 41.4 Å². The zero-order valence-electron chi connectivity index (χ0n) is 56.2. The number of anilines is 2. The van der Waals surface area contributed by atoms with Crippen molar-refractivity contribution in [1.82, 2.24) is 36.0 Å². The Morgan fingerprint density at radius 1 is 0.926 bits per heavy atom. The number of imide groups is 1. The van der Waals surface area contributed by atoms with Gasteiger partial charge in [-0.25, -0.2) is 14.4 Å². The minimum atomic E-state index is -1.21. The van der Waals surface area contributed by atoms with Gasteiger partial charge < -0.3 is 70.7 Å². The summed E-state index contributed by atoms with van der Waals surface area (Å²) in [5.74, 6) is -4.47. The molecular formula is C67H95ClN10O16. The van der Waals surface area contributed by atoms with Gasteiger partial charge in [0.15, 0.2) is 0 Å². The van der Waals surface area contributed by atoms with Crippen molar-refractivity contribution in [2.45, 2.75) is 181 Å². The van der Waals surface area contributed by atoms with Gasteiger partial charge in [-0.3, -0.25) is 43.3 Å². The first kappa shape index (κ1) is 74.8. The van der Waals surface area contributed by atoms with Crippen LogP contribution in [0.15, 0.2) is 60.2 Å². The van der Waals surface area contributed by atoms with E-state index in [1.165, 1.54) is 35.9 Å². The number of halogens is 1. The monoisotopic (exact) mass is 1330 g/mol. The number of rotatable bonds is 25. The molecule has 4 aliphatic heterocycles. The molecule has 2 unspecified atom stereocenters. The number of nitrogens with two attached hydrogens (primary N) is 1. The van der Waals surface area contributed by atoms with E-state index < -0.39 is 90.4 Å². The molecule has 3 fully saturated rings. The van der Waals surface area contributed by atoms with Crippen LogP contribution < -0.4 is 42.0 Å². The number of unbranched alkanes of at least 4 members (excludes halogenated alkanes) is 2. The zero-order chi connectivity index (χ0) is 69.4. The van der Waals surface area contributed by atoms with E-state index in [-0.39, 0.29) is 117 Å². The van der Waals surface area contributed by atoms with Gasteiger partial charge in [-0.2, -0.15) is 0 Å². The standard InChI is InChI=1S/C67H95ClN10O16/c1-39(2)58(74-52(79)22-14-13-17-29-78-55(82)35-46(62(78)86)66(5,6)7)61(85)73-47(21-18-28-70-63(69)87)60(84)71-44-25-23-42(24-26-44)38-91-65(89)75(9)30-27-53(80)76(10)37-56(83)93-51-36-54(81)77(11)48-32-43(33-50(90-12)57(48)68)31-40(3)19-15-16-20-45-34-49(92-64(88)72-45)41(4)59-67(51,8)94-59/h15-16,19,23-26,32-33,39,41,45-47,49,51,58-59H,13-14,17-18,20-22,27-31,34-38H2,1-12H3,(H,71,84)(H,72,88)(H,73,85)(H,74,79)(H3,69,70,87)/b16-15+,40-19+/t41-,45?,46?,47+,49+,51+,58+,59+,67+/m1/s1. The molecule has 11 amide bonds. The maximum Gasteiger partial charge on any atom is 0.409 e. The fourth-order valence-electron chi connectivity index (χ4n) is 11.7. The first-order chi connectivity index (χ1) is 44.3. The molecule has 2 aromatic carbocycles. The highest BCUT2D eigenvalue weighted by Crippen LogP contribution is 2.49. The highest BCUT2D eigenvalue weighted by molar-refractivity contribution is 6.35. The number of esters is 1. The smallest absolute Gasteiger partial charge is 0.409 e. The van der Waals surface area contributed by atoms with Crippen LogP contribution in [0.3, 0.4) is 0 Å². The third-order valence-electron chi connectivity index (χ3n) is 17.6. The number of alkyl carbamates (subject to hydrolysis) is 1. The summed E-state index contributed by atoms with van der Waals surface area (Å²) in [5, 5.41) is 13.9. The molecule has 27 heteroatoms. The molecule has 4 bridgehead atoms. The number of hydrogen-bond donors (Lipinski definition) is 6. The number of nitrogens with one attached hydrogen (secondary N) is 5.